The number of nitrogens with one attached hydrogen (secondary N) is 1. The van der Waals surface area contributed by atoms with Gasteiger partial charge in [0.05, 0.1) is 11.0 Å². The van der Waals surface area contributed by atoms with E-state index in [0.717, 1.165) is 22.4 Å². The van der Waals surface area contributed by atoms with E-state index in [9.17, 15) is 15.0 Å². The number of H-pyrrole nitrogens is 1. The van der Waals surface area contributed by atoms with Crippen molar-refractivity contribution >= 4 is 16.9 Å². The van der Waals surface area contributed by atoms with E-state index in [4.69, 9.17) is 5.73 Å². The van der Waals surface area contributed by atoms with Crippen LogP contribution in [0.3, 0.4) is 0 Å². The number of nitrogens with two attached hydrogens (primary N) is 1. The Hall–Kier alpha value is -3.02. The molecular weight excluding hydrogens is 282 g/mol. The Morgan fingerprint density at radius 1 is 1.14 bits per heavy atom. The van der Waals surface area contributed by atoms with Gasteiger partial charge in [-0.3, -0.25) is 4.79 Å². The first-order valence-corrected chi connectivity index (χ1v) is 6.82. The molecule has 0 saturated heterocycles. The zero-order valence-electron chi connectivity index (χ0n) is 11.7. The molecule has 0 saturated carbocycles. The Morgan fingerprint density at radius 3 is 2.68 bits per heavy atom. The molecule has 1 heterocycles. The Bertz CT molecular complexity index is 855. The molecule has 3 aromatic rings. The van der Waals surface area contributed by atoms with Crippen molar-refractivity contribution in [1.82, 2.24) is 9.97 Å². The predicted octanol–water partition coefficient (Wildman–Crippen LogP) is 1.86. The van der Waals surface area contributed by atoms with E-state index in [0.29, 0.717) is 18.4 Å². The van der Waals surface area contributed by atoms with Crippen molar-refractivity contribution in [2.24, 2.45) is 5.73 Å². The van der Waals surface area contributed by atoms with Crippen molar-refractivity contribution in [3.05, 3.63) is 53.3 Å². The van der Waals surface area contributed by atoms with Gasteiger partial charge in [-0.05, 0) is 36.2 Å². The minimum absolute atomic E-state index is 0.0315. The number of amides is 1. The summed E-state index contributed by atoms with van der Waals surface area (Å²) in [7, 11) is 0. The number of aryl methyl sites for hydroxylation is 2. The minimum Gasteiger partial charge on any atom is -0.508 e. The number of phenols is 2. The highest BCUT2D eigenvalue weighted by atomic mass is 16.3. The quantitative estimate of drug-likeness (QED) is 0.588. The molecule has 0 bridgehead atoms. The molecule has 0 aliphatic rings. The van der Waals surface area contributed by atoms with Gasteiger partial charge in [-0.2, -0.15) is 0 Å². The minimum atomic E-state index is -0.480. The highest BCUT2D eigenvalue weighted by Gasteiger charge is 2.08. The second kappa shape index (κ2) is 5.40. The second-order valence-corrected chi connectivity index (χ2v) is 5.09. The largest absolute Gasteiger partial charge is 0.508 e. The lowest BCUT2D eigenvalue weighted by Crippen LogP contribution is -2.10. The topological polar surface area (TPSA) is 112 Å². The molecular formula is C16H15N3O3. The third-order valence-electron chi connectivity index (χ3n) is 3.52. The fourth-order valence-electron chi connectivity index (χ4n) is 2.35. The second-order valence-electron chi connectivity index (χ2n) is 5.09. The van der Waals surface area contributed by atoms with Gasteiger partial charge >= 0.3 is 0 Å². The van der Waals surface area contributed by atoms with E-state index in [1.54, 1.807) is 24.3 Å². The van der Waals surface area contributed by atoms with Crippen LogP contribution in [0.25, 0.3) is 11.0 Å². The highest BCUT2D eigenvalue weighted by molar-refractivity contribution is 5.96. The number of carbonyl (C=O) groups is 1. The van der Waals surface area contributed by atoms with E-state index in [1.165, 1.54) is 12.1 Å². The van der Waals surface area contributed by atoms with Crippen LogP contribution < -0.4 is 5.73 Å². The van der Waals surface area contributed by atoms with Gasteiger partial charge in [0, 0.05) is 18.1 Å². The maximum atomic E-state index is 11.2. The number of aromatic amines is 1. The third kappa shape index (κ3) is 2.71. The molecule has 22 heavy (non-hydrogen) atoms. The number of phenolic OH excluding ortho intramolecular Hbond substituents is 2. The van der Waals surface area contributed by atoms with Gasteiger partial charge in [0.15, 0.2) is 0 Å². The van der Waals surface area contributed by atoms with E-state index in [-0.39, 0.29) is 11.5 Å². The summed E-state index contributed by atoms with van der Waals surface area (Å²) in [5.74, 6) is 0.368. The van der Waals surface area contributed by atoms with E-state index in [2.05, 4.69) is 9.97 Å². The Morgan fingerprint density at radius 2 is 1.95 bits per heavy atom. The molecule has 2 aromatic carbocycles. The van der Waals surface area contributed by atoms with Crippen molar-refractivity contribution in [3.8, 4) is 11.5 Å². The standard InChI is InChI=1S/C16H15N3O3/c17-16(22)10-2-5-12-13(7-10)19-15(18-12)6-3-9-1-4-11(20)8-14(9)21/h1-2,4-5,7-8,20-21H,3,6H2,(H2,17,22)(H,18,19). The molecule has 6 heteroatoms. The van der Waals surface area contributed by atoms with Crippen LogP contribution in [0, 0.1) is 0 Å². The number of aromatic hydroxyl groups is 2. The first kappa shape index (κ1) is 13.9. The molecule has 0 atom stereocenters. The Labute approximate surface area is 126 Å². The maximum absolute atomic E-state index is 11.2. The summed E-state index contributed by atoms with van der Waals surface area (Å²) in [5.41, 5.74) is 7.93. The first-order valence-electron chi connectivity index (χ1n) is 6.82. The Kier molecular flexibility index (Phi) is 3.42. The predicted molar refractivity (Wildman–Crippen MR) is 81.8 cm³/mol. The molecule has 6 nitrogen and oxygen atoms in total. The van der Waals surface area contributed by atoms with Crippen molar-refractivity contribution < 1.29 is 15.0 Å². The average Bonchev–Trinajstić information content (AvgIpc) is 2.88. The number of nitrogens with zero attached hydrogens (tertiary/aromatic N) is 1. The lowest BCUT2D eigenvalue weighted by atomic mass is 10.1. The molecule has 0 aliphatic carbocycles. The lowest BCUT2D eigenvalue weighted by Gasteiger charge is -2.03. The number of benzene rings is 2. The third-order valence-corrected chi connectivity index (χ3v) is 3.52. The molecule has 0 aliphatic heterocycles. The number of carbonyl (C=O) groups excluding carboxylic acids is 1. The lowest BCUT2D eigenvalue weighted by molar-refractivity contribution is 0.100. The number of primary amides is 1. The summed E-state index contributed by atoms with van der Waals surface area (Å²) < 4.78 is 0. The summed E-state index contributed by atoms with van der Waals surface area (Å²) >= 11 is 0. The molecule has 0 radical (unpaired) electrons. The first-order chi connectivity index (χ1) is 10.5. The number of imidazole rings is 1. The van der Waals surface area contributed by atoms with Crippen LogP contribution in [0.2, 0.25) is 0 Å². The number of hydrogen-bond donors (Lipinski definition) is 4. The number of hydrogen-bond acceptors (Lipinski definition) is 4. The van der Waals surface area contributed by atoms with Gasteiger partial charge in [0.2, 0.25) is 5.91 Å². The van der Waals surface area contributed by atoms with Crippen molar-refractivity contribution in [2.75, 3.05) is 0 Å². The molecule has 0 spiro atoms. The van der Waals surface area contributed by atoms with E-state index >= 15 is 0 Å². The van der Waals surface area contributed by atoms with Crippen molar-refractivity contribution in [1.29, 1.82) is 0 Å². The van der Waals surface area contributed by atoms with E-state index < -0.39 is 5.91 Å². The average molecular weight is 297 g/mol. The summed E-state index contributed by atoms with van der Waals surface area (Å²) in [5, 5.41) is 19.0. The molecule has 1 amide bonds. The number of rotatable bonds is 4. The van der Waals surface area contributed by atoms with Crippen LogP contribution in [0.15, 0.2) is 36.4 Å². The van der Waals surface area contributed by atoms with Gasteiger partial charge in [0.1, 0.15) is 17.3 Å². The zero-order valence-corrected chi connectivity index (χ0v) is 11.7. The van der Waals surface area contributed by atoms with Crippen LogP contribution >= 0.6 is 0 Å². The van der Waals surface area contributed by atoms with Crippen LogP contribution in [-0.4, -0.2) is 26.1 Å². The molecule has 112 valence electrons. The fourth-order valence-corrected chi connectivity index (χ4v) is 2.35. The summed E-state index contributed by atoms with van der Waals surface area (Å²) in [4.78, 5) is 18.7. The summed E-state index contributed by atoms with van der Waals surface area (Å²) in [6.07, 6.45) is 1.17. The van der Waals surface area contributed by atoms with Gasteiger partial charge < -0.3 is 20.9 Å². The zero-order chi connectivity index (χ0) is 15.7. The SMILES string of the molecule is NC(=O)c1ccc2nc(CCc3ccc(O)cc3O)[nH]c2c1. The maximum Gasteiger partial charge on any atom is 0.248 e. The van der Waals surface area contributed by atoms with Crippen LogP contribution in [-0.2, 0) is 12.8 Å². The van der Waals surface area contributed by atoms with Crippen LogP contribution in [0.1, 0.15) is 21.7 Å². The van der Waals surface area contributed by atoms with Crippen LogP contribution in [0.5, 0.6) is 11.5 Å². The fraction of sp³-hybridized carbons (Fsp3) is 0.125. The molecule has 0 fully saturated rings. The molecule has 5 N–H and O–H groups in total. The van der Waals surface area contributed by atoms with Crippen molar-refractivity contribution in [2.45, 2.75) is 12.8 Å². The monoisotopic (exact) mass is 297 g/mol. The normalized spacial score (nSPS) is 10.9. The van der Waals surface area contributed by atoms with Gasteiger partial charge in [-0.1, -0.05) is 6.07 Å². The van der Waals surface area contributed by atoms with E-state index in [1.807, 2.05) is 0 Å². The molecule has 0 unspecified atom stereocenters. The van der Waals surface area contributed by atoms with Gasteiger partial charge in [-0.15, -0.1) is 0 Å². The van der Waals surface area contributed by atoms with Crippen molar-refractivity contribution in [3.63, 3.8) is 0 Å². The molecule has 3 rings (SSSR count). The van der Waals surface area contributed by atoms with Gasteiger partial charge in [0.25, 0.3) is 0 Å². The number of aromatic nitrogens is 2. The summed E-state index contributed by atoms with van der Waals surface area (Å²) in [6, 6.07) is 9.58. The molecule has 1 aromatic heterocycles. The smallest absolute Gasteiger partial charge is 0.248 e. The highest BCUT2D eigenvalue weighted by Crippen LogP contribution is 2.24. The Balaban J connectivity index is 1.80. The summed E-state index contributed by atoms with van der Waals surface area (Å²) in [6.45, 7) is 0. The van der Waals surface area contributed by atoms with Crippen LogP contribution in [0.4, 0.5) is 0 Å². The van der Waals surface area contributed by atoms with Gasteiger partial charge in [-0.25, -0.2) is 4.98 Å². The number of fused-ring (bicyclic) bond motifs is 1.